The lowest BCUT2D eigenvalue weighted by Gasteiger charge is -2.12. The summed E-state index contributed by atoms with van der Waals surface area (Å²) >= 11 is 0. The Morgan fingerprint density at radius 2 is 1.96 bits per heavy atom. The van der Waals surface area contributed by atoms with E-state index < -0.39 is 23.5 Å². The predicted octanol–water partition coefficient (Wildman–Crippen LogP) is 5.64. The smallest absolute Gasteiger partial charge is 0.381 e. The van der Waals surface area contributed by atoms with E-state index in [-0.39, 0.29) is 23.4 Å². The van der Waals surface area contributed by atoms with Gasteiger partial charge in [0.2, 0.25) is 0 Å². The van der Waals surface area contributed by atoms with Crippen LogP contribution >= 0.6 is 0 Å². The number of aromatic nitrogens is 2. The van der Waals surface area contributed by atoms with Crippen molar-refractivity contribution in [2.24, 2.45) is 7.05 Å². The van der Waals surface area contributed by atoms with Gasteiger partial charge in [-0.05, 0) is 36.8 Å². The van der Waals surface area contributed by atoms with Crippen LogP contribution in [0.15, 0.2) is 60.5 Å². The number of alkyl halides is 3. The number of hydrogen-bond donors (Lipinski definition) is 1. The molecule has 0 aliphatic heterocycles. The van der Waals surface area contributed by atoms with Crippen molar-refractivity contribution >= 4 is 5.69 Å². The molecule has 144 valence electrons. The summed E-state index contributed by atoms with van der Waals surface area (Å²) in [4.78, 5) is 0. The van der Waals surface area contributed by atoms with Crippen LogP contribution in [-0.4, -0.2) is 16.3 Å². The minimum absolute atomic E-state index is 0.00778. The van der Waals surface area contributed by atoms with Crippen molar-refractivity contribution in [3.8, 4) is 11.3 Å². The molecule has 0 amide bonds. The van der Waals surface area contributed by atoms with Crippen molar-refractivity contribution in [3.63, 3.8) is 0 Å². The topological polar surface area (TPSA) is 29.9 Å². The summed E-state index contributed by atoms with van der Waals surface area (Å²) in [5.74, 6) is -1.37. The van der Waals surface area contributed by atoms with Crippen molar-refractivity contribution in [2.75, 3.05) is 11.9 Å². The molecule has 0 radical (unpaired) electrons. The highest BCUT2D eigenvalue weighted by molar-refractivity contribution is 5.64. The molecule has 2 rings (SSSR count). The number of halogens is 5. The Hall–Kier alpha value is -2.90. The number of benzene rings is 1. The summed E-state index contributed by atoms with van der Waals surface area (Å²) in [6.45, 7) is 8.53. The molecule has 0 bridgehead atoms. The third-order valence-electron chi connectivity index (χ3n) is 3.99. The Morgan fingerprint density at radius 1 is 1.30 bits per heavy atom. The molecule has 0 saturated heterocycles. The van der Waals surface area contributed by atoms with Gasteiger partial charge in [0.05, 0.1) is 5.69 Å². The van der Waals surface area contributed by atoms with E-state index in [0.717, 1.165) is 16.8 Å². The van der Waals surface area contributed by atoms with E-state index in [1.165, 1.54) is 25.3 Å². The Bertz CT molecular complexity index is 907. The highest BCUT2D eigenvalue weighted by Gasteiger charge is 2.35. The summed E-state index contributed by atoms with van der Waals surface area (Å²) < 4.78 is 67.2. The Labute approximate surface area is 153 Å². The standard InChI is InChI=1S/C19H18F5N3/c1-5-11(2)15(12(3)20)10-25-13-6-7-14(16(21)8-13)17-9-18(19(22,23)24)26-27(17)4/h5-9,25H,1,3,10H2,2,4H3/b15-11-. The molecule has 0 aliphatic carbocycles. The number of anilines is 1. The van der Waals surface area contributed by atoms with Crippen LogP contribution in [0.2, 0.25) is 0 Å². The van der Waals surface area contributed by atoms with Gasteiger partial charge < -0.3 is 5.32 Å². The third kappa shape index (κ3) is 4.64. The van der Waals surface area contributed by atoms with Crippen LogP contribution in [0.4, 0.5) is 27.6 Å². The molecule has 8 heteroatoms. The molecule has 1 N–H and O–H groups in total. The van der Waals surface area contributed by atoms with Crippen LogP contribution in [-0.2, 0) is 13.2 Å². The lowest BCUT2D eigenvalue weighted by Crippen LogP contribution is -2.07. The Morgan fingerprint density at radius 3 is 2.44 bits per heavy atom. The van der Waals surface area contributed by atoms with Crippen LogP contribution < -0.4 is 5.32 Å². The second-order valence-corrected chi connectivity index (χ2v) is 5.85. The first-order valence-corrected chi connectivity index (χ1v) is 7.86. The molecule has 0 saturated carbocycles. The van der Waals surface area contributed by atoms with Gasteiger partial charge in [0.15, 0.2) is 5.69 Å². The molecule has 0 fully saturated rings. The highest BCUT2D eigenvalue weighted by Crippen LogP contribution is 2.33. The van der Waals surface area contributed by atoms with Gasteiger partial charge in [-0.25, -0.2) is 8.78 Å². The van der Waals surface area contributed by atoms with Gasteiger partial charge in [-0.3, -0.25) is 4.68 Å². The average Bonchev–Trinajstić information content (AvgIpc) is 2.96. The SMILES string of the molecule is C=C/C(C)=C(/CNc1ccc(-c2cc(C(F)(F)F)nn2C)c(F)c1)C(=C)F. The maximum atomic E-state index is 14.4. The normalized spacial score (nSPS) is 12.6. The van der Waals surface area contributed by atoms with Gasteiger partial charge in [0.1, 0.15) is 11.6 Å². The van der Waals surface area contributed by atoms with Crippen LogP contribution in [0, 0.1) is 5.82 Å². The van der Waals surface area contributed by atoms with E-state index in [9.17, 15) is 22.0 Å². The quantitative estimate of drug-likeness (QED) is 0.517. The first-order chi connectivity index (χ1) is 12.5. The summed E-state index contributed by atoms with van der Waals surface area (Å²) in [6, 6.07) is 4.73. The third-order valence-corrected chi connectivity index (χ3v) is 3.99. The Kier molecular flexibility index (Phi) is 5.88. The molecular formula is C19H18F5N3. The van der Waals surface area contributed by atoms with Crippen LogP contribution in [0.3, 0.4) is 0 Å². The summed E-state index contributed by atoms with van der Waals surface area (Å²) in [5.41, 5.74) is 0.0750. The molecule has 3 nitrogen and oxygen atoms in total. The van der Waals surface area contributed by atoms with Crippen LogP contribution in [0.25, 0.3) is 11.3 Å². The van der Waals surface area contributed by atoms with Crippen LogP contribution in [0.5, 0.6) is 0 Å². The molecule has 27 heavy (non-hydrogen) atoms. The molecule has 0 atom stereocenters. The zero-order valence-electron chi connectivity index (χ0n) is 14.8. The molecule has 1 aromatic heterocycles. The fraction of sp³-hybridized carbons (Fsp3) is 0.211. The molecular weight excluding hydrogens is 365 g/mol. The largest absolute Gasteiger partial charge is 0.435 e. The number of nitrogens with one attached hydrogen (secondary N) is 1. The van der Waals surface area contributed by atoms with Gasteiger partial charge >= 0.3 is 6.18 Å². The van der Waals surface area contributed by atoms with E-state index in [2.05, 4.69) is 23.6 Å². The molecule has 1 aromatic carbocycles. The van der Waals surface area contributed by atoms with Crippen molar-refractivity contribution in [3.05, 3.63) is 72.0 Å². The zero-order chi connectivity index (χ0) is 20.4. The van der Waals surface area contributed by atoms with E-state index >= 15 is 0 Å². The summed E-state index contributed by atoms with van der Waals surface area (Å²) in [7, 11) is 1.30. The zero-order valence-corrected chi connectivity index (χ0v) is 14.8. The molecule has 0 aliphatic rings. The molecule has 0 unspecified atom stereocenters. The second-order valence-electron chi connectivity index (χ2n) is 5.85. The number of aryl methyl sites for hydroxylation is 1. The molecule has 2 aromatic rings. The maximum Gasteiger partial charge on any atom is 0.435 e. The van der Waals surface area contributed by atoms with Gasteiger partial charge in [0.25, 0.3) is 0 Å². The second kappa shape index (κ2) is 7.77. The highest BCUT2D eigenvalue weighted by atomic mass is 19.4. The monoisotopic (exact) mass is 383 g/mol. The van der Waals surface area contributed by atoms with Gasteiger partial charge in [-0.15, -0.1) is 0 Å². The van der Waals surface area contributed by atoms with Crippen molar-refractivity contribution in [1.29, 1.82) is 0 Å². The number of hydrogen-bond acceptors (Lipinski definition) is 2. The number of nitrogens with zero attached hydrogens (tertiary/aromatic N) is 2. The Balaban J connectivity index is 2.28. The fourth-order valence-corrected chi connectivity index (χ4v) is 2.45. The minimum atomic E-state index is -4.62. The summed E-state index contributed by atoms with van der Waals surface area (Å²) in [5, 5.41) is 6.23. The average molecular weight is 383 g/mol. The van der Waals surface area contributed by atoms with E-state index in [4.69, 9.17) is 0 Å². The number of rotatable bonds is 6. The van der Waals surface area contributed by atoms with Crippen molar-refractivity contribution in [2.45, 2.75) is 13.1 Å². The van der Waals surface area contributed by atoms with Crippen molar-refractivity contribution in [1.82, 2.24) is 9.78 Å². The fourth-order valence-electron chi connectivity index (χ4n) is 2.45. The minimum Gasteiger partial charge on any atom is -0.381 e. The first-order valence-electron chi connectivity index (χ1n) is 7.86. The summed E-state index contributed by atoms with van der Waals surface area (Å²) in [6.07, 6.45) is -3.14. The van der Waals surface area contributed by atoms with Gasteiger partial charge in [0, 0.05) is 30.4 Å². The van der Waals surface area contributed by atoms with Crippen molar-refractivity contribution < 1.29 is 22.0 Å². The molecule has 1 heterocycles. The van der Waals surface area contributed by atoms with E-state index in [0.29, 0.717) is 11.3 Å². The van der Waals surface area contributed by atoms with E-state index in [1.54, 1.807) is 6.92 Å². The van der Waals surface area contributed by atoms with E-state index in [1.807, 2.05) is 0 Å². The lowest BCUT2D eigenvalue weighted by molar-refractivity contribution is -0.141. The molecule has 0 spiro atoms. The maximum absolute atomic E-state index is 14.4. The lowest BCUT2D eigenvalue weighted by atomic mass is 10.1. The predicted molar refractivity (Wildman–Crippen MR) is 95.2 cm³/mol. The van der Waals surface area contributed by atoms with Gasteiger partial charge in [-0.2, -0.15) is 18.3 Å². The van der Waals surface area contributed by atoms with Crippen LogP contribution in [0.1, 0.15) is 12.6 Å². The number of allylic oxidation sites excluding steroid dienone is 2. The first kappa shape index (κ1) is 20.4. The van der Waals surface area contributed by atoms with Gasteiger partial charge in [-0.1, -0.05) is 19.2 Å².